The summed E-state index contributed by atoms with van der Waals surface area (Å²) in [6.45, 7) is 1.73. The summed E-state index contributed by atoms with van der Waals surface area (Å²) >= 11 is 0. The zero-order valence-corrected chi connectivity index (χ0v) is 6.16. The molecule has 0 aromatic heterocycles. The van der Waals surface area contributed by atoms with Crippen molar-refractivity contribution in [3.05, 3.63) is 0 Å². The maximum absolute atomic E-state index is 10.2. The van der Waals surface area contributed by atoms with Crippen molar-refractivity contribution in [1.29, 1.82) is 0 Å². The molecule has 0 saturated carbocycles. The van der Waals surface area contributed by atoms with Gasteiger partial charge in [0.2, 0.25) is 0 Å². The maximum atomic E-state index is 10.2. The average Bonchev–Trinajstić information content (AvgIpc) is 1.87. The van der Waals surface area contributed by atoms with Crippen molar-refractivity contribution in [3.8, 4) is 0 Å². The van der Waals surface area contributed by atoms with Gasteiger partial charge in [0.15, 0.2) is 0 Å². The van der Waals surface area contributed by atoms with Gasteiger partial charge in [-0.05, 0) is 0 Å². The van der Waals surface area contributed by atoms with E-state index in [4.69, 9.17) is 0 Å². The normalized spacial score (nSPS) is 9.80. The van der Waals surface area contributed by atoms with E-state index in [0.717, 1.165) is 0 Å². The predicted octanol–water partition coefficient (Wildman–Crippen LogP) is 0.572. The monoisotopic (exact) mass is 145 g/mol. The highest BCUT2D eigenvalue weighted by Gasteiger charge is 1.88. The third-order valence-electron chi connectivity index (χ3n) is 0.732. The van der Waals surface area contributed by atoms with E-state index in [2.05, 4.69) is 14.7 Å². The summed E-state index contributed by atoms with van der Waals surface area (Å²) in [6.07, 6.45) is 2.14. The Kier molecular flexibility index (Phi) is 5.42. The molecule has 0 heterocycles. The van der Waals surface area contributed by atoms with Crippen molar-refractivity contribution in [2.75, 3.05) is 13.7 Å². The highest BCUT2D eigenvalue weighted by molar-refractivity contribution is 5.66. The van der Waals surface area contributed by atoms with E-state index in [-0.39, 0.29) is 5.97 Å². The van der Waals surface area contributed by atoms with Crippen LogP contribution in [0.1, 0.15) is 13.3 Å². The fourth-order valence-corrected chi connectivity index (χ4v) is 0.383. The van der Waals surface area contributed by atoms with Crippen LogP contribution >= 0.6 is 0 Å². The molecule has 0 spiro atoms. The number of carbonyl (C=O) groups is 1. The van der Waals surface area contributed by atoms with Gasteiger partial charge in [0.05, 0.1) is 6.61 Å². The number of esters is 1. The van der Waals surface area contributed by atoms with Gasteiger partial charge in [-0.25, -0.2) is 0 Å². The summed E-state index contributed by atoms with van der Waals surface area (Å²) in [7, 11) is 1.46. The third kappa shape index (κ3) is 6.94. The second kappa shape index (κ2) is 6.07. The lowest BCUT2D eigenvalue weighted by Gasteiger charge is -1.95. The van der Waals surface area contributed by atoms with Gasteiger partial charge < -0.3 is 9.57 Å². The quantitative estimate of drug-likeness (QED) is 0.251. The first-order valence-electron chi connectivity index (χ1n) is 2.95. The van der Waals surface area contributed by atoms with Crippen LogP contribution in [0.25, 0.3) is 0 Å². The molecule has 0 unspecified atom stereocenters. The number of hydrogen-bond donors (Lipinski definition) is 0. The van der Waals surface area contributed by atoms with E-state index in [0.29, 0.717) is 13.0 Å². The molecule has 0 aliphatic carbocycles. The van der Waals surface area contributed by atoms with E-state index in [1.54, 1.807) is 6.21 Å². The molecule has 0 fully saturated rings. The molecule has 0 aromatic rings. The van der Waals surface area contributed by atoms with Gasteiger partial charge >= 0.3 is 5.97 Å². The van der Waals surface area contributed by atoms with Gasteiger partial charge in [0, 0.05) is 19.6 Å². The highest BCUT2D eigenvalue weighted by atomic mass is 16.6. The van der Waals surface area contributed by atoms with Crippen LogP contribution in [-0.4, -0.2) is 25.9 Å². The molecule has 0 rings (SSSR count). The van der Waals surface area contributed by atoms with Crippen molar-refractivity contribution in [2.45, 2.75) is 13.3 Å². The smallest absolute Gasteiger partial charge is 0.302 e. The van der Waals surface area contributed by atoms with Crippen LogP contribution in [0.2, 0.25) is 0 Å². The first kappa shape index (κ1) is 8.94. The Morgan fingerprint density at radius 3 is 2.90 bits per heavy atom. The molecule has 0 radical (unpaired) electrons. The van der Waals surface area contributed by atoms with Gasteiger partial charge in [-0.3, -0.25) is 4.79 Å². The van der Waals surface area contributed by atoms with Gasteiger partial charge in [-0.15, -0.1) is 0 Å². The number of oxime groups is 1. The topological polar surface area (TPSA) is 47.9 Å². The van der Waals surface area contributed by atoms with Crippen molar-refractivity contribution >= 4 is 12.2 Å². The van der Waals surface area contributed by atoms with E-state index in [1.807, 2.05) is 0 Å². The van der Waals surface area contributed by atoms with Crippen LogP contribution in [0.4, 0.5) is 0 Å². The molecule has 0 saturated heterocycles. The van der Waals surface area contributed by atoms with E-state index >= 15 is 0 Å². The van der Waals surface area contributed by atoms with Crippen molar-refractivity contribution in [3.63, 3.8) is 0 Å². The van der Waals surface area contributed by atoms with Crippen molar-refractivity contribution in [1.82, 2.24) is 0 Å². The molecule has 58 valence electrons. The molecule has 0 bridgehead atoms. The first-order valence-corrected chi connectivity index (χ1v) is 2.95. The second-order valence-corrected chi connectivity index (χ2v) is 1.60. The van der Waals surface area contributed by atoms with Crippen LogP contribution in [0.3, 0.4) is 0 Å². The number of rotatable bonds is 4. The Morgan fingerprint density at radius 2 is 2.40 bits per heavy atom. The lowest BCUT2D eigenvalue weighted by molar-refractivity contribution is -0.140. The number of nitrogens with zero attached hydrogens (tertiary/aromatic N) is 1. The Morgan fingerprint density at radius 1 is 1.70 bits per heavy atom. The SMILES string of the molecule is CON=CCCOC(C)=O. The molecule has 4 heteroatoms. The Bertz CT molecular complexity index is 122. The average molecular weight is 145 g/mol. The van der Waals surface area contributed by atoms with Gasteiger partial charge in [-0.1, -0.05) is 5.16 Å². The number of ether oxygens (including phenoxy) is 1. The van der Waals surface area contributed by atoms with Gasteiger partial charge in [0.1, 0.15) is 7.11 Å². The maximum Gasteiger partial charge on any atom is 0.302 e. The molecule has 10 heavy (non-hydrogen) atoms. The highest BCUT2D eigenvalue weighted by Crippen LogP contribution is 1.80. The summed E-state index contributed by atoms with van der Waals surface area (Å²) in [5.41, 5.74) is 0. The molecule has 0 aliphatic heterocycles. The summed E-state index contributed by atoms with van der Waals surface area (Å²) in [5, 5.41) is 3.45. The Hall–Kier alpha value is -1.06. The Balaban J connectivity index is 3.05. The first-order chi connectivity index (χ1) is 4.77. The second-order valence-electron chi connectivity index (χ2n) is 1.60. The van der Waals surface area contributed by atoms with Crippen LogP contribution < -0.4 is 0 Å². The molecule has 0 aromatic carbocycles. The predicted molar refractivity (Wildman–Crippen MR) is 36.8 cm³/mol. The lowest BCUT2D eigenvalue weighted by Crippen LogP contribution is -2.00. The van der Waals surface area contributed by atoms with E-state index in [9.17, 15) is 4.79 Å². The minimum absolute atomic E-state index is 0.272. The molecule has 0 N–H and O–H groups in total. The van der Waals surface area contributed by atoms with E-state index < -0.39 is 0 Å². The number of carbonyl (C=O) groups excluding carboxylic acids is 1. The zero-order valence-electron chi connectivity index (χ0n) is 6.16. The summed E-state index contributed by atoms with van der Waals surface area (Å²) in [6, 6.07) is 0. The van der Waals surface area contributed by atoms with Gasteiger partial charge in [-0.2, -0.15) is 0 Å². The fourth-order valence-electron chi connectivity index (χ4n) is 0.383. The minimum Gasteiger partial charge on any atom is -0.465 e. The zero-order chi connectivity index (χ0) is 7.82. The summed E-state index contributed by atoms with van der Waals surface area (Å²) in [5.74, 6) is -0.272. The molecule has 4 nitrogen and oxygen atoms in total. The van der Waals surface area contributed by atoms with Gasteiger partial charge in [0.25, 0.3) is 0 Å². The molecular weight excluding hydrogens is 134 g/mol. The third-order valence-corrected chi connectivity index (χ3v) is 0.732. The summed E-state index contributed by atoms with van der Waals surface area (Å²) < 4.78 is 4.60. The van der Waals surface area contributed by atoms with Crippen LogP contribution in [-0.2, 0) is 14.4 Å². The standard InChI is InChI=1S/C6H11NO3/c1-6(8)10-5-3-4-7-9-2/h4H,3,5H2,1-2H3. The largest absolute Gasteiger partial charge is 0.465 e. The fraction of sp³-hybridized carbons (Fsp3) is 0.667. The van der Waals surface area contributed by atoms with Crippen molar-refractivity contribution < 1.29 is 14.4 Å². The number of hydrogen-bond acceptors (Lipinski definition) is 4. The van der Waals surface area contributed by atoms with Crippen molar-refractivity contribution in [2.24, 2.45) is 5.16 Å². The van der Waals surface area contributed by atoms with Crippen LogP contribution in [0, 0.1) is 0 Å². The molecule has 0 amide bonds. The molecule has 0 atom stereocenters. The van der Waals surface area contributed by atoms with Crippen LogP contribution in [0.5, 0.6) is 0 Å². The molecule has 0 aliphatic rings. The Labute approximate surface area is 59.8 Å². The van der Waals surface area contributed by atoms with Crippen LogP contribution in [0.15, 0.2) is 5.16 Å². The molecular formula is C6H11NO3. The minimum atomic E-state index is -0.272. The summed E-state index contributed by atoms with van der Waals surface area (Å²) in [4.78, 5) is 14.6. The van der Waals surface area contributed by atoms with E-state index in [1.165, 1.54) is 14.0 Å². The lowest BCUT2D eigenvalue weighted by atomic mass is 10.5.